The van der Waals surface area contributed by atoms with Crippen molar-refractivity contribution in [1.29, 1.82) is 0 Å². The van der Waals surface area contributed by atoms with Crippen molar-refractivity contribution in [2.24, 2.45) is 5.92 Å². The Balaban J connectivity index is 1.23. The number of hydrogen-bond donors (Lipinski definition) is 2. The summed E-state index contributed by atoms with van der Waals surface area (Å²) < 4.78 is 1.78. The van der Waals surface area contributed by atoms with E-state index in [0.717, 1.165) is 55.7 Å². The summed E-state index contributed by atoms with van der Waals surface area (Å²) in [6, 6.07) is 21.9. The molecule has 7 heteroatoms. The zero-order chi connectivity index (χ0) is 22.6. The Hall–Kier alpha value is -3.45. The third-order valence-electron chi connectivity index (χ3n) is 6.30. The highest BCUT2D eigenvalue weighted by atomic mass is 16.2. The molecule has 1 saturated heterocycles. The first-order valence-electron chi connectivity index (χ1n) is 11.7. The molecule has 5 rings (SSSR count). The lowest BCUT2D eigenvalue weighted by Gasteiger charge is -2.31. The summed E-state index contributed by atoms with van der Waals surface area (Å²) >= 11 is 0. The maximum atomic E-state index is 12.9. The Morgan fingerprint density at radius 1 is 0.909 bits per heavy atom. The van der Waals surface area contributed by atoms with E-state index >= 15 is 0 Å². The SMILES string of the molecule is O=C(CN1CCC(NC(=O)C2CC2)CC1)Nc1cc(-c2ccccc2)nn1-c1ccccc1. The molecule has 2 aliphatic rings. The number of nitrogens with one attached hydrogen (secondary N) is 2. The Kier molecular flexibility index (Phi) is 6.21. The van der Waals surface area contributed by atoms with Gasteiger partial charge in [0.15, 0.2) is 0 Å². The van der Waals surface area contributed by atoms with Gasteiger partial charge in [-0.25, -0.2) is 4.68 Å². The number of hydrogen-bond acceptors (Lipinski definition) is 4. The van der Waals surface area contributed by atoms with Crippen molar-refractivity contribution in [1.82, 2.24) is 20.0 Å². The highest BCUT2D eigenvalue weighted by Gasteiger charge is 2.32. The third-order valence-corrected chi connectivity index (χ3v) is 6.30. The molecule has 0 radical (unpaired) electrons. The van der Waals surface area contributed by atoms with Gasteiger partial charge in [-0.3, -0.25) is 14.5 Å². The molecule has 33 heavy (non-hydrogen) atoms. The predicted molar refractivity (Wildman–Crippen MR) is 128 cm³/mol. The topological polar surface area (TPSA) is 79.3 Å². The van der Waals surface area contributed by atoms with Gasteiger partial charge in [0, 0.05) is 36.7 Å². The van der Waals surface area contributed by atoms with E-state index in [9.17, 15) is 9.59 Å². The van der Waals surface area contributed by atoms with Crippen LogP contribution >= 0.6 is 0 Å². The molecule has 3 aromatic rings. The Bertz CT molecular complexity index is 1100. The smallest absolute Gasteiger partial charge is 0.239 e. The van der Waals surface area contributed by atoms with Gasteiger partial charge in [-0.1, -0.05) is 48.5 Å². The van der Waals surface area contributed by atoms with Crippen LogP contribution in [-0.2, 0) is 9.59 Å². The predicted octanol–water partition coefficient (Wildman–Crippen LogP) is 3.47. The van der Waals surface area contributed by atoms with Crippen molar-refractivity contribution in [3.63, 3.8) is 0 Å². The first-order chi connectivity index (χ1) is 16.2. The van der Waals surface area contributed by atoms with Crippen molar-refractivity contribution < 1.29 is 9.59 Å². The highest BCUT2D eigenvalue weighted by molar-refractivity contribution is 5.92. The van der Waals surface area contributed by atoms with E-state index in [1.165, 1.54) is 0 Å². The highest BCUT2D eigenvalue weighted by Crippen LogP contribution is 2.29. The van der Waals surface area contributed by atoms with Crippen LogP contribution in [0.1, 0.15) is 25.7 Å². The van der Waals surface area contributed by atoms with Crippen molar-refractivity contribution in [3.05, 3.63) is 66.7 Å². The van der Waals surface area contributed by atoms with E-state index < -0.39 is 0 Å². The molecule has 0 spiro atoms. The van der Waals surface area contributed by atoms with Gasteiger partial charge in [0.2, 0.25) is 11.8 Å². The standard InChI is InChI=1S/C26H29N5O2/c32-25(18-30-15-13-21(14-16-30)27-26(33)20-11-12-20)28-24-17-23(19-7-3-1-4-8-19)29-31(24)22-9-5-2-6-10-22/h1-10,17,20-21H,11-16,18H2,(H,27,33)(H,28,32). The lowest BCUT2D eigenvalue weighted by Crippen LogP contribution is -2.47. The third kappa shape index (κ3) is 5.31. The number of likely N-dealkylation sites (tertiary alicyclic amines) is 1. The van der Waals surface area contributed by atoms with Crippen molar-refractivity contribution >= 4 is 17.6 Å². The number of piperidine rings is 1. The Morgan fingerprint density at radius 3 is 2.24 bits per heavy atom. The fraction of sp³-hybridized carbons (Fsp3) is 0.346. The van der Waals surface area contributed by atoms with Gasteiger partial charge < -0.3 is 10.6 Å². The number of carbonyl (C=O) groups excluding carboxylic acids is 2. The maximum Gasteiger partial charge on any atom is 0.239 e. The van der Waals surface area contributed by atoms with E-state index in [1.54, 1.807) is 4.68 Å². The average Bonchev–Trinajstić information content (AvgIpc) is 3.62. The molecule has 7 nitrogen and oxygen atoms in total. The monoisotopic (exact) mass is 443 g/mol. The molecule has 170 valence electrons. The molecule has 2 amide bonds. The number of anilines is 1. The number of nitrogens with zero attached hydrogens (tertiary/aromatic N) is 3. The summed E-state index contributed by atoms with van der Waals surface area (Å²) in [6.45, 7) is 1.93. The van der Waals surface area contributed by atoms with E-state index in [0.29, 0.717) is 12.4 Å². The van der Waals surface area contributed by atoms with Crippen LogP contribution in [-0.4, -0.2) is 52.2 Å². The van der Waals surface area contributed by atoms with E-state index in [4.69, 9.17) is 5.10 Å². The second-order valence-corrected chi connectivity index (χ2v) is 8.91. The summed E-state index contributed by atoms with van der Waals surface area (Å²) in [5, 5.41) is 11.0. The van der Waals surface area contributed by atoms with Gasteiger partial charge in [0.05, 0.1) is 17.9 Å². The molecule has 2 N–H and O–H groups in total. The molecular weight excluding hydrogens is 414 g/mol. The summed E-state index contributed by atoms with van der Waals surface area (Å²) in [6.07, 6.45) is 3.81. The van der Waals surface area contributed by atoms with Crippen LogP contribution in [0, 0.1) is 5.92 Å². The fourth-order valence-electron chi connectivity index (χ4n) is 4.27. The molecule has 2 fully saturated rings. The molecular formula is C26H29N5O2. The zero-order valence-electron chi connectivity index (χ0n) is 18.6. The molecule has 1 aliphatic heterocycles. The maximum absolute atomic E-state index is 12.9. The molecule has 1 aliphatic carbocycles. The number of amides is 2. The number of para-hydroxylation sites is 1. The summed E-state index contributed by atoms with van der Waals surface area (Å²) in [5.74, 6) is 1.03. The number of benzene rings is 2. The minimum atomic E-state index is -0.0628. The van der Waals surface area contributed by atoms with Crippen molar-refractivity contribution in [2.75, 3.05) is 25.0 Å². The van der Waals surface area contributed by atoms with Gasteiger partial charge in [-0.2, -0.15) is 5.10 Å². The number of rotatable bonds is 7. The molecule has 1 saturated carbocycles. The molecule has 2 heterocycles. The molecule has 1 aromatic heterocycles. The number of carbonyl (C=O) groups is 2. The number of aromatic nitrogens is 2. The molecule has 0 unspecified atom stereocenters. The average molecular weight is 444 g/mol. The van der Waals surface area contributed by atoms with Crippen LogP contribution in [0.5, 0.6) is 0 Å². The first-order valence-corrected chi connectivity index (χ1v) is 11.7. The minimum absolute atomic E-state index is 0.0628. The van der Waals surface area contributed by atoms with E-state index in [1.807, 2.05) is 66.7 Å². The van der Waals surface area contributed by atoms with E-state index in [2.05, 4.69) is 15.5 Å². The van der Waals surface area contributed by atoms with Crippen LogP contribution in [0.25, 0.3) is 16.9 Å². The van der Waals surface area contributed by atoms with Crippen LogP contribution in [0.2, 0.25) is 0 Å². The second-order valence-electron chi connectivity index (χ2n) is 8.91. The largest absolute Gasteiger partial charge is 0.353 e. The van der Waals surface area contributed by atoms with Crippen LogP contribution in [0.3, 0.4) is 0 Å². The Morgan fingerprint density at radius 2 is 1.58 bits per heavy atom. The van der Waals surface area contributed by atoms with E-state index in [-0.39, 0.29) is 23.8 Å². The van der Waals surface area contributed by atoms with Gasteiger partial charge in [-0.15, -0.1) is 0 Å². The minimum Gasteiger partial charge on any atom is -0.353 e. The summed E-state index contributed by atoms with van der Waals surface area (Å²) in [5.41, 5.74) is 2.70. The lowest BCUT2D eigenvalue weighted by molar-refractivity contribution is -0.123. The summed E-state index contributed by atoms with van der Waals surface area (Å²) in [7, 11) is 0. The first kappa shape index (κ1) is 21.4. The Labute approximate surface area is 193 Å². The van der Waals surface area contributed by atoms with Crippen LogP contribution < -0.4 is 10.6 Å². The normalized spacial score (nSPS) is 17.0. The fourth-order valence-corrected chi connectivity index (χ4v) is 4.27. The van der Waals surface area contributed by atoms with Crippen molar-refractivity contribution in [2.45, 2.75) is 31.7 Å². The molecule has 0 atom stereocenters. The molecule has 0 bridgehead atoms. The summed E-state index contributed by atoms with van der Waals surface area (Å²) in [4.78, 5) is 27.0. The van der Waals surface area contributed by atoms with Gasteiger partial charge in [0.25, 0.3) is 0 Å². The quantitative estimate of drug-likeness (QED) is 0.586. The van der Waals surface area contributed by atoms with Gasteiger partial charge in [-0.05, 0) is 37.8 Å². The van der Waals surface area contributed by atoms with Gasteiger partial charge >= 0.3 is 0 Å². The van der Waals surface area contributed by atoms with Crippen LogP contribution in [0.4, 0.5) is 5.82 Å². The second kappa shape index (κ2) is 9.58. The van der Waals surface area contributed by atoms with Crippen LogP contribution in [0.15, 0.2) is 66.7 Å². The van der Waals surface area contributed by atoms with Gasteiger partial charge in [0.1, 0.15) is 5.82 Å². The zero-order valence-corrected chi connectivity index (χ0v) is 18.6. The molecule has 2 aromatic carbocycles. The lowest BCUT2D eigenvalue weighted by atomic mass is 10.0. The van der Waals surface area contributed by atoms with Crippen molar-refractivity contribution in [3.8, 4) is 16.9 Å².